The summed E-state index contributed by atoms with van der Waals surface area (Å²) in [6.07, 6.45) is 0. The van der Waals surface area contributed by atoms with E-state index < -0.39 is 8.32 Å². The molecule has 0 bridgehead atoms. The molecule has 3 nitrogen and oxygen atoms in total. The van der Waals surface area contributed by atoms with Crippen LogP contribution in [0.15, 0.2) is 44.0 Å². The molecule has 0 aliphatic rings. The van der Waals surface area contributed by atoms with Crippen molar-refractivity contribution in [2.75, 3.05) is 0 Å². The van der Waals surface area contributed by atoms with E-state index in [1.807, 2.05) is 31.2 Å². The molecule has 0 unspecified atom stereocenters. The van der Waals surface area contributed by atoms with Crippen molar-refractivity contribution in [2.45, 2.75) is 45.8 Å². The lowest BCUT2D eigenvalue weighted by molar-refractivity contribution is 0.494. The molecule has 0 saturated carbocycles. The number of hydrogen-bond donors (Lipinski definition) is 0. The summed E-state index contributed by atoms with van der Waals surface area (Å²) >= 11 is 3.51. The van der Waals surface area contributed by atoms with Crippen LogP contribution in [0.3, 0.4) is 0 Å². The van der Waals surface area contributed by atoms with Gasteiger partial charge in [-0.2, -0.15) is 0 Å². The van der Waals surface area contributed by atoms with E-state index in [-0.39, 0.29) is 10.7 Å². The van der Waals surface area contributed by atoms with E-state index in [2.05, 4.69) is 49.8 Å². The Morgan fingerprint density at radius 3 is 2.40 bits per heavy atom. The summed E-state index contributed by atoms with van der Waals surface area (Å²) in [6, 6.07) is 9.55. The second-order valence-electron chi connectivity index (χ2n) is 8.08. The normalized spacial score (nSPS) is 12.8. The molecular formula is C20H23BrO3Si. The number of benzene rings is 2. The van der Waals surface area contributed by atoms with Gasteiger partial charge in [-0.3, -0.25) is 0 Å². The van der Waals surface area contributed by atoms with Crippen LogP contribution in [0.2, 0.25) is 18.1 Å². The van der Waals surface area contributed by atoms with Crippen LogP contribution in [0.5, 0.6) is 5.75 Å². The SMILES string of the molecule is Cc1cc(O[Si](C)(C)C(C)(C)C)c2c(c1)oc(=O)c1ccc(Br)cc12. The first-order valence-corrected chi connectivity index (χ1v) is 12.1. The van der Waals surface area contributed by atoms with Crippen molar-refractivity contribution in [3.8, 4) is 5.75 Å². The summed E-state index contributed by atoms with van der Waals surface area (Å²) in [5, 5.41) is 2.37. The summed E-state index contributed by atoms with van der Waals surface area (Å²) in [4.78, 5) is 12.4. The Morgan fingerprint density at radius 1 is 1.08 bits per heavy atom. The van der Waals surface area contributed by atoms with Gasteiger partial charge in [-0.05, 0) is 61.0 Å². The van der Waals surface area contributed by atoms with E-state index in [1.54, 1.807) is 6.07 Å². The van der Waals surface area contributed by atoms with Gasteiger partial charge in [0.1, 0.15) is 11.3 Å². The Labute approximate surface area is 157 Å². The zero-order valence-corrected chi connectivity index (χ0v) is 18.1. The number of rotatable bonds is 2. The molecule has 0 N–H and O–H groups in total. The van der Waals surface area contributed by atoms with E-state index in [1.165, 1.54) is 0 Å². The second-order valence-corrected chi connectivity index (χ2v) is 13.7. The van der Waals surface area contributed by atoms with Crippen molar-refractivity contribution in [1.82, 2.24) is 0 Å². The first kappa shape index (κ1) is 18.2. The molecule has 1 heterocycles. The maximum atomic E-state index is 12.4. The van der Waals surface area contributed by atoms with Gasteiger partial charge in [0.2, 0.25) is 0 Å². The van der Waals surface area contributed by atoms with Crippen LogP contribution >= 0.6 is 15.9 Å². The van der Waals surface area contributed by atoms with Gasteiger partial charge in [-0.1, -0.05) is 36.7 Å². The van der Waals surface area contributed by atoms with Gasteiger partial charge in [-0.15, -0.1) is 0 Å². The highest BCUT2D eigenvalue weighted by Crippen LogP contribution is 2.41. The molecule has 3 aromatic rings. The first-order valence-electron chi connectivity index (χ1n) is 8.35. The van der Waals surface area contributed by atoms with E-state index in [0.29, 0.717) is 11.0 Å². The van der Waals surface area contributed by atoms with Gasteiger partial charge in [0.15, 0.2) is 0 Å². The minimum absolute atomic E-state index is 0.0784. The van der Waals surface area contributed by atoms with Crippen LogP contribution < -0.4 is 10.1 Å². The van der Waals surface area contributed by atoms with Gasteiger partial charge in [-0.25, -0.2) is 4.79 Å². The van der Waals surface area contributed by atoms with Crippen LogP contribution in [-0.2, 0) is 0 Å². The summed E-state index contributed by atoms with van der Waals surface area (Å²) in [5.74, 6) is 0.799. The smallest absolute Gasteiger partial charge is 0.344 e. The molecule has 3 rings (SSSR count). The van der Waals surface area contributed by atoms with Gasteiger partial charge >= 0.3 is 5.63 Å². The average Bonchev–Trinajstić information content (AvgIpc) is 2.44. The molecule has 0 fully saturated rings. The Balaban J connectivity index is 2.39. The van der Waals surface area contributed by atoms with Crippen molar-refractivity contribution < 1.29 is 8.84 Å². The third kappa shape index (κ3) is 3.27. The van der Waals surface area contributed by atoms with Crippen molar-refractivity contribution in [3.63, 3.8) is 0 Å². The molecule has 0 atom stereocenters. The van der Waals surface area contributed by atoms with Crippen LogP contribution in [0.25, 0.3) is 21.7 Å². The number of fused-ring (bicyclic) bond motifs is 3. The third-order valence-corrected chi connectivity index (χ3v) is 9.89. The quantitative estimate of drug-likeness (QED) is 0.274. The van der Waals surface area contributed by atoms with Crippen LogP contribution in [-0.4, -0.2) is 8.32 Å². The Bertz CT molecular complexity index is 1030. The molecular weight excluding hydrogens is 396 g/mol. The molecule has 0 aliphatic heterocycles. The summed E-state index contributed by atoms with van der Waals surface area (Å²) in [5.41, 5.74) is 1.27. The maximum absolute atomic E-state index is 12.4. The monoisotopic (exact) mass is 418 g/mol. The molecule has 0 amide bonds. The van der Waals surface area contributed by atoms with Gasteiger partial charge in [0, 0.05) is 9.86 Å². The highest BCUT2D eigenvalue weighted by Gasteiger charge is 2.39. The fourth-order valence-corrected chi connectivity index (χ4v) is 4.01. The summed E-state index contributed by atoms with van der Waals surface area (Å²) < 4.78 is 13.1. The van der Waals surface area contributed by atoms with Gasteiger partial charge in [0.25, 0.3) is 8.32 Å². The third-order valence-electron chi connectivity index (χ3n) is 5.06. The minimum Gasteiger partial charge on any atom is -0.543 e. The number of hydrogen-bond acceptors (Lipinski definition) is 3. The Hall–Kier alpha value is -1.59. The highest BCUT2D eigenvalue weighted by molar-refractivity contribution is 9.10. The minimum atomic E-state index is -2.03. The molecule has 25 heavy (non-hydrogen) atoms. The maximum Gasteiger partial charge on any atom is 0.344 e. The predicted molar refractivity (Wildman–Crippen MR) is 110 cm³/mol. The van der Waals surface area contributed by atoms with E-state index in [9.17, 15) is 4.79 Å². The first-order chi connectivity index (χ1) is 11.5. The van der Waals surface area contributed by atoms with E-state index >= 15 is 0 Å². The summed E-state index contributed by atoms with van der Waals surface area (Å²) in [6.45, 7) is 13.1. The molecule has 2 aromatic carbocycles. The molecule has 0 saturated heterocycles. The zero-order chi connectivity index (χ0) is 18.6. The van der Waals surface area contributed by atoms with Crippen molar-refractivity contribution >= 4 is 46.0 Å². The Kier molecular flexibility index (Phi) is 4.36. The molecule has 0 radical (unpaired) electrons. The van der Waals surface area contributed by atoms with Gasteiger partial charge in [0.05, 0.1) is 10.8 Å². The van der Waals surface area contributed by atoms with Crippen molar-refractivity contribution in [3.05, 3.63) is 50.8 Å². The van der Waals surface area contributed by atoms with Crippen molar-refractivity contribution in [2.24, 2.45) is 0 Å². The van der Waals surface area contributed by atoms with Crippen molar-refractivity contribution in [1.29, 1.82) is 0 Å². The fraction of sp³-hybridized carbons (Fsp3) is 0.350. The molecule has 5 heteroatoms. The topological polar surface area (TPSA) is 39.4 Å². The van der Waals surface area contributed by atoms with Gasteiger partial charge < -0.3 is 8.84 Å². The standard InChI is InChI=1S/C20H23BrO3Si/c1-12-9-16-18(17(10-12)24-25(5,6)20(2,3)4)15-11-13(21)7-8-14(15)19(22)23-16/h7-11H,1-6H3. The fourth-order valence-electron chi connectivity index (χ4n) is 2.63. The second kappa shape index (κ2) is 5.99. The molecule has 132 valence electrons. The van der Waals surface area contributed by atoms with E-state index in [4.69, 9.17) is 8.84 Å². The largest absolute Gasteiger partial charge is 0.543 e. The lowest BCUT2D eigenvalue weighted by Gasteiger charge is -2.36. The molecule has 1 aromatic heterocycles. The van der Waals surface area contributed by atoms with E-state index in [0.717, 1.165) is 26.6 Å². The predicted octanol–water partition coefficient (Wildman–Crippen LogP) is 6.40. The van der Waals surface area contributed by atoms with Crippen LogP contribution in [0.4, 0.5) is 0 Å². The lowest BCUT2D eigenvalue weighted by atomic mass is 10.1. The zero-order valence-electron chi connectivity index (χ0n) is 15.5. The molecule has 0 aliphatic carbocycles. The summed E-state index contributed by atoms with van der Waals surface area (Å²) in [7, 11) is -2.03. The highest BCUT2D eigenvalue weighted by atomic mass is 79.9. The average molecular weight is 419 g/mol. The molecule has 0 spiro atoms. The Morgan fingerprint density at radius 2 is 1.76 bits per heavy atom. The number of aryl methyl sites for hydroxylation is 1. The van der Waals surface area contributed by atoms with Crippen LogP contribution in [0.1, 0.15) is 26.3 Å². The lowest BCUT2D eigenvalue weighted by Crippen LogP contribution is -2.43. The van der Waals surface area contributed by atoms with Crippen LogP contribution in [0, 0.1) is 6.92 Å². The number of halogens is 1.